The molecule has 24 heavy (non-hydrogen) atoms. The van der Waals surface area contributed by atoms with E-state index in [-0.39, 0.29) is 12.0 Å². The number of benzene rings is 2. The first-order valence-electron chi connectivity index (χ1n) is 7.53. The van der Waals surface area contributed by atoms with Crippen molar-refractivity contribution in [3.8, 4) is 17.2 Å². The molecular weight excluding hydrogens is 307 g/mol. The number of carbonyl (C=O) groups is 1. The minimum absolute atomic E-state index is 0.190. The van der Waals surface area contributed by atoms with Crippen LogP contribution in [0.5, 0.6) is 0 Å². The summed E-state index contributed by atoms with van der Waals surface area (Å²) in [5, 5.41) is 18.0. The Hall–Kier alpha value is -2.71. The average Bonchev–Trinajstić information content (AvgIpc) is 2.48. The van der Waals surface area contributed by atoms with E-state index < -0.39 is 17.8 Å². The van der Waals surface area contributed by atoms with Gasteiger partial charge in [-0.2, -0.15) is 5.26 Å². The van der Waals surface area contributed by atoms with Gasteiger partial charge in [-0.05, 0) is 72.9 Å². The summed E-state index contributed by atoms with van der Waals surface area (Å²) in [7, 11) is 0. The van der Waals surface area contributed by atoms with Crippen molar-refractivity contribution in [3.63, 3.8) is 0 Å². The molecule has 0 saturated carbocycles. The number of hydrogen-bond acceptors (Lipinski definition) is 3. The number of nitrogens with zero attached hydrogens (tertiary/aromatic N) is 1. The highest BCUT2D eigenvalue weighted by Crippen LogP contribution is 2.33. The summed E-state index contributed by atoms with van der Waals surface area (Å²) in [6, 6.07) is 8.07. The normalized spacial score (nSPS) is 11.8. The highest BCUT2D eigenvalue weighted by Gasteiger charge is 2.19. The van der Waals surface area contributed by atoms with Crippen LogP contribution in [0.1, 0.15) is 40.3 Å². The molecule has 1 unspecified atom stereocenters. The van der Waals surface area contributed by atoms with E-state index in [4.69, 9.17) is 16.1 Å². The van der Waals surface area contributed by atoms with E-state index in [1.54, 1.807) is 31.2 Å². The van der Waals surface area contributed by atoms with Crippen LogP contribution in [0.25, 0.3) is 11.1 Å². The van der Waals surface area contributed by atoms with Crippen LogP contribution in [-0.4, -0.2) is 11.1 Å². The van der Waals surface area contributed by atoms with Gasteiger partial charge in [-0.3, -0.25) is 4.79 Å². The molecule has 0 aliphatic heterocycles. The first-order valence-corrected chi connectivity index (χ1v) is 7.53. The standard InChI is InChI=1S/C19H19FN2O2/c1-10-4-13(9-21)5-11(2)18(10)14-6-12(3)19(20)15(7-14)16(22)8-17(23)24/h4-7,16H,8,22H2,1-3H3,(H,23,24). The van der Waals surface area contributed by atoms with E-state index in [1.807, 2.05) is 13.8 Å². The Morgan fingerprint density at radius 3 is 2.29 bits per heavy atom. The van der Waals surface area contributed by atoms with Crippen LogP contribution in [-0.2, 0) is 4.79 Å². The molecule has 0 heterocycles. The molecule has 124 valence electrons. The number of nitrogens with two attached hydrogens (primary N) is 1. The minimum Gasteiger partial charge on any atom is -0.481 e. The second-order valence-electron chi connectivity index (χ2n) is 6.00. The molecule has 3 N–H and O–H groups in total. The number of carboxylic acids is 1. The predicted molar refractivity (Wildman–Crippen MR) is 89.9 cm³/mol. The van der Waals surface area contributed by atoms with Gasteiger partial charge in [0, 0.05) is 11.6 Å². The fraction of sp³-hybridized carbons (Fsp3) is 0.263. The Morgan fingerprint density at radius 2 is 1.79 bits per heavy atom. The minimum atomic E-state index is -1.07. The molecule has 0 aliphatic rings. The predicted octanol–water partition coefficient (Wildman–Crippen LogP) is 3.76. The smallest absolute Gasteiger partial charge is 0.305 e. The number of rotatable bonds is 4. The van der Waals surface area contributed by atoms with Crippen LogP contribution < -0.4 is 5.73 Å². The molecule has 0 fully saturated rings. The van der Waals surface area contributed by atoms with Crippen molar-refractivity contribution in [3.05, 3.63) is 57.9 Å². The van der Waals surface area contributed by atoms with Crippen molar-refractivity contribution in [2.45, 2.75) is 33.2 Å². The monoisotopic (exact) mass is 326 g/mol. The number of hydrogen-bond donors (Lipinski definition) is 2. The number of aliphatic carboxylic acids is 1. The zero-order chi connectivity index (χ0) is 18.0. The largest absolute Gasteiger partial charge is 0.481 e. The lowest BCUT2D eigenvalue weighted by Gasteiger charge is -2.17. The summed E-state index contributed by atoms with van der Waals surface area (Å²) in [6.07, 6.45) is -0.342. The van der Waals surface area contributed by atoms with Crippen molar-refractivity contribution < 1.29 is 14.3 Å². The molecule has 2 rings (SSSR count). The van der Waals surface area contributed by atoms with Gasteiger partial charge in [-0.1, -0.05) is 0 Å². The fourth-order valence-corrected chi connectivity index (χ4v) is 2.99. The van der Waals surface area contributed by atoms with Gasteiger partial charge in [0.25, 0.3) is 0 Å². The highest BCUT2D eigenvalue weighted by molar-refractivity contribution is 5.74. The molecule has 4 nitrogen and oxygen atoms in total. The zero-order valence-electron chi connectivity index (χ0n) is 13.9. The first kappa shape index (κ1) is 17.6. The number of carboxylic acid groups (broad SMARTS) is 1. The van der Waals surface area contributed by atoms with E-state index in [1.165, 1.54) is 0 Å². The molecule has 2 aromatic carbocycles. The maximum Gasteiger partial charge on any atom is 0.305 e. The summed E-state index contributed by atoms with van der Waals surface area (Å²) in [4.78, 5) is 10.9. The number of nitriles is 1. The van der Waals surface area contributed by atoms with E-state index in [0.29, 0.717) is 11.1 Å². The Kier molecular flexibility index (Phi) is 5.01. The van der Waals surface area contributed by atoms with Crippen molar-refractivity contribution in [2.75, 3.05) is 0 Å². The molecule has 0 aliphatic carbocycles. The molecule has 0 saturated heterocycles. The summed E-state index contributed by atoms with van der Waals surface area (Å²) in [5.74, 6) is -1.55. The third-order valence-electron chi connectivity index (χ3n) is 4.03. The van der Waals surface area contributed by atoms with Crippen LogP contribution in [0, 0.1) is 37.9 Å². The van der Waals surface area contributed by atoms with Gasteiger partial charge in [0.1, 0.15) is 5.82 Å². The van der Waals surface area contributed by atoms with Gasteiger partial charge in [0.05, 0.1) is 18.1 Å². The molecule has 0 spiro atoms. The van der Waals surface area contributed by atoms with Crippen molar-refractivity contribution in [2.24, 2.45) is 5.73 Å². The van der Waals surface area contributed by atoms with E-state index in [0.717, 1.165) is 22.3 Å². The number of aryl methyl sites for hydroxylation is 3. The zero-order valence-corrected chi connectivity index (χ0v) is 13.9. The van der Waals surface area contributed by atoms with Crippen molar-refractivity contribution >= 4 is 5.97 Å². The van der Waals surface area contributed by atoms with Crippen LogP contribution in [0.3, 0.4) is 0 Å². The second kappa shape index (κ2) is 6.81. The Bertz CT molecular complexity index is 830. The van der Waals surface area contributed by atoms with Crippen molar-refractivity contribution in [1.82, 2.24) is 0 Å². The Morgan fingerprint density at radius 1 is 1.21 bits per heavy atom. The average molecular weight is 326 g/mol. The van der Waals surface area contributed by atoms with Crippen molar-refractivity contribution in [1.29, 1.82) is 5.26 Å². The van der Waals surface area contributed by atoms with E-state index in [9.17, 15) is 9.18 Å². The molecule has 0 bridgehead atoms. The lowest BCUT2D eigenvalue weighted by atomic mass is 9.90. The molecule has 0 aromatic heterocycles. The van der Waals surface area contributed by atoms with Gasteiger partial charge >= 0.3 is 5.97 Å². The third kappa shape index (κ3) is 3.44. The van der Waals surface area contributed by atoms with Gasteiger partial charge in [0.2, 0.25) is 0 Å². The quantitative estimate of drug-likeness (QED) is 0.895. The van der Waals surface area contributed by atoms with Gasteiger partial charge in [0.15, 0.2) is 0 Å². The second-order valence-corrected chi connectivity index (χ2v) is 6.00. The molecule has 0 radical (unpaired) electrons. The summed E-state index contributed by atoms with van der Waals surface area (Å²) < 4.78 is 14.4. The Labute approximate surface area is 140 Å². The molecule has 0 amide bonds. The summed E-state index contributed by atoms with van der Waals surface area (Å²) >= 11 is 0. The third-order valence-corrected chi connectivity index (χ3v) is 4.03. The van der Waals surface area contributed by atoms with Crippen LogP contribution in [0.4, 0.5) is 4.39 Å². The SMILES string of the molecule is Cc1cc(-c2c(C)cc(C#N)cc2C)cc(C(N)CC(=O)O)c1F. The van der Waals surface area contributed by atoms with Crippen LogP contribution >= 0.6 is 0 Å². The van der Waals surface area contributed by atoms with Gasteiger partial charge in [-0.15, -0.1) is 0 Å². The molecular formula is C19H19FN2O2. The maximum atomic E-state index is 14.4. The topological polar surface area (TPSA) is 87.1 Å². The fourth-order valence-electron chi connectivity index (χ4n) is 2.99. The van der Waals surface area contributed by atoms with Crippen LogP contribution in [0.2, 0.25) is 0 Å². The van der Waals surface area contributed by atoms with Crippen LogP contribution in [0.15, 0.2) is 24.3 Å². The number of halogens is 1. The highest BCUT2D eigenvalue weighted by atomic mass is 19.1. The van der Waals surface area contributed by atoms with Gasteiger partial charge < -0.3 is 10.8 Å². The Balaban J connectivity index is 2.63. The first-order chi connectivity index (χ1) is 11.2. The molecule has 5 heteroatoms. The lowest BCUT2D eigenvalue weighted by molar-refractivity contribution is -0.137. The van der Waals surface area contributed by atoms with E-state index >= 15 is 0 Å². The van der Waals surface area contributed by atoms with Gasteiger partial charge in [-0.25, -0.2) is 4.39 Å². The maximum absolute atomic E-state index is 14.4. The molecule has 1 atom stereocenters. The summed E-state index contributed by atoms with van der Waals surface area (Å²) in [5.41, 5.74) is 10.5. The molecule has 2 aromatic rings. The lowest BCUT2D eigenvalue weighted by Crippen LogP contribution is -2.17. The summed E-state index contributed by atoms with van der Waals surface area (Å²) in [6.45, 7) is 5.40. The van der Waals surface area contributed by atoms with E-state index in [2.05, 4.69) is 6.07 Å².